The molecule has 1 aliphatic carbocycles. The average Bonchev–Trinajstić information content (AvgIpc) is 2.30. The van der Waals surface area contributed by atoms with Crippen LogP contribution in [0.5, 0.6) is 0 Å². The molecule has 2 atom stereocenters. The maximum absolute atomic E-state index is 12.3. The minimum absolute atomic E-state index is 0.288. The van der Waals surface area contributed by atoms with Crippen molar-refractivity contribution in [3.05, 3.63) is 11.6 Å². The zero-order valence-corrected chi connectivity index (χ0v) is 9.59. The van der Waals surface area contributed by atoms with Crippen LogP contribution in [0.15, 0.2) is 11.6 Å². The molecule has 1 fully saturated rings. The van der Waals surface area contributed by atoms with Crippen LogP contribution in [0.1, 0.15) is 39.0 Å². The van der Waals surface area contributed by atoms with Gasteiger partial charge < -0.3 is 5.32 Å². The summed E-state index contributed by atoms with van der Waals surface area (Å²) in [5.41, 5.74) is 1.12. The second-order valence-corrected chi connectivity index (χ2v) is 4.92. The maximum atomic E-state index is 12.3. The van der Waals surface area contributed by atoms with Crippen LogP contribution >= 0.6 is 0 Å². The molecule has 0 radical (unpaired) electrons. The fourth-order valence-corrected chi connectivity index (χ4v) is 2.70. The number of piperidine rings is 1. The van der Waals surface area contributed by atoms with E-state index in [0.717, 1.165) is 37.9 Å². The third kappa shape index (κ3) is 2.49. The number of allylic oxidation sites excluding steroid dienone is 2. The molecule has 2 aliphatic rings. The zero-order chi connectivity index (χ0) is 10.7. The van der Waals surface area contributed by atoms with Crippen molar-refractivity contribution in [3.63, 3.8) is 0 Å². The Morgan fingerprint density at radius 1 is 1.47 bits per heavy atom. The molecule has 0 spiro atoms. The van der Waals surface area contributed by atoms with E-state index in [1.54, 1.807) is 0 Å². The molecule has 15 heavy (non-hydrogen) atoms. The van der Waals surface area contributed by atoms with Crippen LogP contribution in [0.4, 0.5) is 0 Å². The molecule has 0 amide bonds. The van der Waals surface area contributed by atoms with Gasteiger partial charge in [-0.2, -0.15) is 0 Å². The van der Waals surface area contributed by atoms with Gasteiger partial charge in [0.25, 0.3) is 0 Å². The first-order valence-corrected chi connectivity index (χ1v) is 6.23. The van der Waals surface area contributed by atoms with Gasteiger partial charge in [0, 0.05) is 5.92 Å². The number of hydrogen-bond donors (Lipinski definition) is 1. The first-order valence-electron chi connectivity index (χ1n) is 6.23. The lowest BCUT2D eigenvalue weighted by atomic mass is 9.80. The summed E-state index contributed by atoms with van der Waals surface area (Å²) in [6.45, 7) is 4.20. The van der Waals surface area contributed by atoms with Gasteiger partial charge in [-0.15, -0.1) is 0 Å². The highest BCUT2D eigenvalue weighted by Gasteiger charge is 2.29. The molecule has 0 bridgehead atoms. The van der Waals surface area contributed by atoms with E-state index in [1.165, 1.54) is 12.8 Å². The van der Waals surface area contributed by atoms with Crippen LogP contribution in [0, 0.1) is 11.8 Å². The molecule has 2 unspecified atom stereocenters. The molecule has 1 aliphatic heterocycles. The first-order chi connectivity index (χ1) is 7.29. The Balaban J connectivity index is 2.02. The van der Waals surface area contributed by atoms with Crippen molar-refractivity contribution in [2.45, 2.75) is 39.0 Å². The minimum Gasteiger partial charge on any atom is -0.316 e. The van der Waals surface area contributed by atoms with Gasteiger partial charge in [-0.05, 0) is 56.7 Å². The molecule has 1 saturated heterocycles. The number of ketones is 1. The monoisotopic (exact) mass is 207 g/mol. The Labute approximate surface area is 92.1 Å². The largest absolute Gasteiger partial charge is 0.316 e. The number of carbonyl (C=O) groups is 1. The lowest BCUT2D eigenvalue weighted by molar-refractivity contribution is -0.121. The van der Waals surface area contributed by atoms with Gasteiger partial charge >= 0.3 is 0 Å². The van der Waals surface area contributed by atoms with Crippen LogP contribution < -0.4 is 5.32 Å². The van der Waals surface area contributed by atoms with E-state index in [2.05, 4.69) is 18.3 Å². The zero-order valence-electron chi connectivity index (χ0n) is 9.59. The molecular formula is C13H21NO. The number of Topliss-reactive ketones (excluding diaryl/α,β-unsaturated/α-hetero) is 1. The van der Waals surface area contributed by atoms with E-state index in [1.807, 2.05) is 0 Å². The Kier molecular flexibility index (Phi) is 3.57. The van der Waals surface area contributed by atoms with Crippen molar-refractivity contribution in [2.75, 3.05) is 13.1 Å². The SMILES string of the molecule is CC1CNCCC1C(=O)C1=CCCCC1. The molecule has 84 valence electrons. The first kappa shape index (κ1) is 10.9. The van der Waals surface area contributed by atoms with Gasteiger partial charge in [0.05, 0.1) is 0 Å². The average molecular weight is 207 g/mol. The molecule has 2 nitrogen and oxygen atoms in total. The van der Waals surface area contributed by atoms with E-state index in [9.17, 15) is 4.79 Å². The summed E-state index contributed by atoms with van der Waals surface area (Å²) >= 11 is 0. The van der Waals surface area contributed by atoms with Crippen molar-refractivity contribution < 1.29 is 4.79 Å². The number of nitrogens with one attached hydrogen (secondary N) is 1. The predicted molar refractivity (Wildman–Crippen MR) is 61.7 cm³/mol. The second kappa shape index (κ2) is 4.93. The van der Waals surface area contributed by atoms with Gasteiger partial charge in [-0.1, -0.05) is 13.0 Å². The summed E-state index contributed by atoms with van der Waals surface area (Å²) < 4.78 is 0. The topological polar surface area (TPSA) is 29.1 Å². The Bertz CT molecular complexity index is 270. The molecule has 0 aromatic carbocycles. The normalized spacial score (nSPS) is 32.2. The van der Waals surface area contributed by atoms with Crippen LogP contribution in [0.3, 0.4) is 0 Å². The predicted octanol–water partition coefficient (Wildman–Crippen LogP) is 2.30. The molecule has 0 aromatic rings. The molecular weight excluding hydrogens is 186 g/mol. The summed E-state index contributed by atoms with van der Waals surface area (Å²) in [6.07, 6.45) is 7.81. The highest BCUT2D eigenvalue weighted by molar-refractivity contribution is 5.97. The van der Waals surface area contributed by atoms with Crippen LogP contribution in [0.25, 0.3) is 0 Å². The third-order valence-electron chi connectivity index (χ3n) is 3.73. The van der Waals surface area contributed by atoms with Crippen molar-refractivity contribution in [1.29, 1.82) is 0 Å². The summed E-state index contributed by atoms with van der Waals surface area (Å²) in [7, 11) is 0. The second-order valence-electron chi connectivity index (χ2n) is 4.92. The lowest BCUT2D eigenvalue weighted by Crippen LogP contribution is -2.39. The van der Waals surface area contributed by atoms with Crippen molar-refractivity contribution in [3.8, 4) is 0 Å². The Hall–Kier alpha value is -0.630. The molecule has 2 rings (SSSR count). The van der Waals surface area contributed by atoms with Crippen molar-refractivity contribution >= 4 is 5.78 Å². The highest BCUT2D eigenvalue weighted by Crippen LogP contribution is 2.27. The van der Waals surface area contributed by atoms with Gasteiger partial charge in [-0.3, -0.25) is 4.79 Å². The van der Waals surface area contributed by atoms with Gasteiger partial charge in [0.1, 0.15) is 0 Å². The van der Waals surface area contributed by atoms with Crippen LogP contribution in [-0.4, -0.2) is 18.9 Å². The van der Waals surface area contributed by atoms with E-state index in [-0.39, 0.29) is 5.92 Å². The van der Waals surface area contributed by atoms with E-state index in [4.69, 9.17) is 0 Å². The number of carbonyl (C=O) groups excluding carboxylic acids is 1. The highest BCUT2D eigenvalue weighted by atomic mass is 16.1. The minimum atomic E-state index is 0.288. The van der Waals surface area contributed by atoms with E-state index >= 15 is 0 Å². The number of hydrogen-bond acceptors (Lipinski definition) is 2. The van der Waals surface area contributed by atoms with Crippen molar-refractivity contribution in [2.24, 2.45) is 11.8 Å². The summed E-state index contributed by atoms with van der Waals surface area (Å²) in [6, 6.07) is 0. The van der Waals surface area contributed by atoms with E-state index in [0.29, 0.717) is 11.7 Å². The fraction of sp³-hybridized carbons (Fsp3) is 0.769. The van der Waals surface area contributed by atoms with Gasteiger partial charge in [-0.25, -0.2) is 0 Å². The Morgan fingerprint density at radius 2 is 2.33 bits per heavy atom. The third-order valence-corrected chi connectivity index (χ3v) is 3.73. The summed E-state index contributed by atoms with van der Waals surface area (Å²) in [5.74, 6) is 1.24. The Morgan fingerprint density at radius 3 is 3.00 bits per heavy atom. The molecule has 1 heterocycles. The van der Waals surface area contributed by atoms with Gasteiger partial charge in [0.2, 0.25) is 0 Å². The standard InChI is InChI=1S/C13H21NO/c1-10-9-14-8-7-12(10)13(15)11-5-3-2-4-6-11/h5,10,12,14H,2-4,6-9H2,1H3. The van der Waals surface area contributed by atoms with Crippen LogP contribution in [-0.2, 0) is 4.79 Å². The summed E-state index contributed by atoms with van der Waals surface area (Å²) in [4.78, 5) is 12.3. The van der Waals surface area contributed by atoms with Crippen LogP contribution in [0.2, 0.25) is 0 Å². The lowest BCUT2D eigenvalue weighted by Gasteiger charge is -2.29. The summed E-state index contributed by atoms with van der Waals surface area (Å²) in [5, 5.41) is 3.35. The number of rotatable bonds is 2. The maximum Gasteiger partial charge on any atom is 0.161 e. The smallest absolute Gasteiger partial charge is 0.161 e. The molecule has 2 heteroatoms. The van der Waals surface area contributed by atoms with Crippen molar-refractivity contribution in [1.82, 2.24) is 5.32 Å². The molecule has 1 N–H and O–H groups in total. The van der Waals surface area contributed by atoms with E-state index < -0.39 is 0 Å². The fourth-order valence-electron chi connectivity index (χ4n) is 2.70. The molecule has 0 saturated carbocycles. The van der Waals surface area contributed by atoms with Gasteiger partial charge in [0.15, 0.2) is 5.78 Å². The molecule has 0 aromatic heterocycles. The quantitative estimate of drug-likeness (QED) is 0.753.